The molecule has 0 bridgehead atoms. The molecule has 1 saturated heterocycles. The van der Waals surface area contributed by atoms with E-state index in [-0.39, 0.29) is 18.7 Å². The van der Waals surface area contributed by atoms with Gasteiger partial charge in [-0.1, -0.05) is 36.4 Å². The summed E-state index contributed by atoms with van der Waals surface area (Å²) >= 11 is 0. The van der Waals surface area contributed by atoms with E-state index in [9.17, 15) is 4.79 Å². The molecular weight excluding hydrogens is 364 g/mol. The summed E-state index contributed by atoms with van der Waals surface area (Å²) in [6.45, 7) is 2.98. The number of fused-ring (bicyclic) bond motifs is 1. The predicted molar refractivity (Wildman–Crippen MR) is 112 cm³/mol. The van der Waals surface area contributed by atoms with Crippen molar-refractivity contribution >= 4 is 12.0 Å². The molecule has 1 atom stereocenters. The first kappa shape index (κ1) is 18.3. The molecular formula is C24H26N2O3. The molecule has 3 aliphatic rings. The zero-order valence-corrected chi connectivity index (χ0v) is 16.5. The van der Waals surface area contributed by atoms with Crippen LogP contribution in [0.15, 0.2) is 54.6 Å². The van der Waals surface area contributed by atoms with E-state index in [0.29, 0.717) is 0 Å². The van der Waals surface area contributed by atoms with E-state index in [1.807, 2.05) is 30.3 Å². The Labute approximate surface area is 171 Å². The maximum absolute atomic E-state index is 13.1. The van der Waals surface area contributed by atoms with Crippen molar-refractivity contribution in [2.45, 2.75) is 31.3 Å². The molecule has 5 nitrogen and oxygen atoms in total. The molecule has 150 valence electrons. The first-order valence-electron chi connectivity index (χ1n) is 10.4. The van der Waals surface area contributed by atoms with Gasteiger partial charge in [0.1, 0.15) is 0 Å². The minimum atomic E-state index is 0.0824. The van der Waals surface area contributed by atoms with E-state index in [4.69, 9.17) is 9.47 Å². The molecule has 2 heterocycles. The second-order valence-electron chi connectivity index (χ2n) is 8.05. The fraction of sp³-hybridized carbons (Fsp3) is 0.375. The lowest BCUT2D eigenvalue weighted by atomic mass is 10.0. The zero-order valence-electron chi connectivity index (χ0n) is 16.5. The van der Waals surface area contributed by atoms with Crippen molar-refractivity contribution < 1.29 is 14.3 Å². The SMILES string of the molecule is O=C(/C=C/c1ccc2c(c1)OCO2)N1CCN(C2CC2)CC1Cc1ccccc1. The highest BCUT2D eigenvalue weighted by atomic mass is 16.7. The number of ether oxygens (including phenoxy) is 2. The number of hydrogen-bond acceptors (Lipinski definition) is 4. The van der Waals surface area contributed by atoms with Gasteiger partial charge >= 0.3 is 0 Å². The molecule has 0 spiro atoms. The summed E-state index contributed by atoms with van der Waals surface area (Å²) in [5.41, 5.74) is 2.23. The van der Waals surface area contributed by atoms with Gasteiger partial charge in [0.2, 0.25) is 12.7 Å². The van der Waals surface area contributed by atoms with E-state index >= 15 is 0 Å². The Hall–Kier alpha value is -2.79. The van der Waals surface area contributed by atoms with Crippen LogP contribution in [-0.4, -0.2) is 54.2 Å². The molecule has 2 aromatic carbocycles. The number of carbonyl (C=O) groups is 1. The third-order valence-corrected chi connectivity index (χ3v) is 5.99. The van der Waals surface area contributed by atoms with Crippen LogP contribution in [0.5, 0.6) is 11.5 Å². The summed E-state index contributed by atoms with van der Waals surface area (Å²) in [6.07, 6.45) is 7.07. The second-order valence-corrected chi connectivity index (χ2v) is 8.05. The Kier molecular flexibility index (Phi) is 4.98. The second kappa shape index (κ2) is 7.91. The van der Waals surface area contributed by atoms with Gasteiger partial charge in [-0.15, -0.1) is 0 Å². The molecule has 0 N–H and O–H groups in total. The molecule has 2 aliphatic heterocycles. The Morgan fingerprint density at radius 1 is 1.03 bits per heavy atom. The Morgan fingerprint density at radius 2 is 1.86 bits per heavy atom. The number of nitrogens with zero attached hydrogens (tertiary/aromatic N) is 2. The van der Waals surface area contributed by atoms with Gasteiger partial charge in [-0.25, -0.2) is 0 Å². The molecule has 1 saturated carbocycles. The fourth-order valence-electron chi connectivity index (χ4n) is 4.28. The minimum Gasteiger partial charge on any atom is -0.454 e. The van der Waals surface area contributed by atoms with E-state index in [0.717, 1.165) is 49.2 Å². The van der Waals surface area contributed by atoms with E-state index in [2.05, 4.69) is 34.1 Å². The van der Waals surface area contributed by atoms with Gasteiger partial charge in [0.15, 0.2) is 11.5 Å². The predicted octanol–water partition coefficient (Wildman–Crippen LogP) is 3.35. The highest BCUT2D eigenvalue weighted by Crippen LogP contribution is 2.33. The van der Waals surface area contributed by atoms with Gasteiger partial charge in [-0.2, -0.15) is 0 Å². The largest absolute Gasteiger partial charge is 0.454 e. The number of piperazine rings is 1. The van der Waals surface area contributed by atoms with Gasteiger partial charge in [0, 0.05) is 37.8 Å². The number of carbonyl (C=O) groups excluding carboxylic acids is 1. The summed E-state index contributed by atoms with van der Waals surface area (Å²) in [7, 11) is 0. The average molecular weight is 390 g/mol. The van der Waals surface area contributed by atoms with Crippen molar-refractivity contribution in [2.75, 3.05) is 26.4 Å². The molecule has 5 rings (SSSR count). The van der Waals surface area contributed by atoms with Crippen LogP contribution in [0, 0.1) is 0 Å². The highest BCUT2D eigenvalue weighted by Gasteiger charge is 2.36. The molecule has 2 fully saturated rings. The Morgan fingerprint density at radius 3 is 2.69 bits per heavy atom. The van der Waals surface area contributed by atoms with Crippen molar-refractivity contribution in [2.24, 2.45) is 0 Å². The fourth-order valence-corrected chi connectivity index (χ4v) is 4.28. The number of rotatable bonds is 5. The third kappa shape index (κ3) is 4.15. The quantitative estimate of drug-likeness (QED) is 0.735. The van der Waals surface area contributed by atoms with Gasteiger partial charge in [0.25, 0.3) is 0 Å². The summed E-state index contributed by atoms with van der Waals surface area (Å²) in [5, 5.41) is 0. The van der Waals surface area contributed by atoms with Crippen LogP contribution in [0.4, 0.5) is 0 Å². The van der Waals surface area contributed by atoms with Crippen molar-refractivity contribution in [1.29, 1.82) is 0 Å². The molecule has 29 heavy (non-hydrogen) atoms. The summed E-state index contributed by atoms with van der Waals surface area (Å²) < 4.78 is 10.8. The molecule has 1 aliphatic carbocycles. The van der Waals surface area contributed by atoms with Crippen molar-refractivity contribution in [3.05, 3.63) is 65.7 Å². The summed E-state index contributed by atoms with van der Waals surface area (Å²) in [4.78, 5) is 17.7. The van der Waals surface area contributed by atoms with Gasteiger partial charge in [0.05, 0.1) is 0 Å². The first-order valence-corrected chi connectivity index (χ1v) is 10.4. The number of benzene rings is 2. The Bertz CT molecular complexity index is 908. The summed E-state index contributed by atoms with van der Waals surface area (Å²) in [6, 6.07) is 17.2. The van der Waals surface area contributed by atoms with Crippen molar-refractivity contribution in [3.8, 4) is 11.5 Å². The first-order chi connectivity index (χ1) is 14.3. The minimum absolute atomic E-state index is 0.0824. The van der Waals surface area contributed by atoms with E-state index < -0.39 is 0 Å². The molecule has 1 unspecified atom stereocenters. The molecule has 0 radical (unpaired) electrons. The molecule has 5 heteroatoms. The van der Waals surface area contributed by atoms with Crippen LogP contribution in [0.2, 0.25) is 0 Å². The normalized spacial score (nSPS) is 21.7. The van der Waals surface area contributed by atoms with Crippen LogP contribution in [0.3, 0.4) is 0 Å². The smallest absolute Gasteiger partial charge is 0.246 e. The number of hydrogen-bond donors (Lipinski definition) is 0. The summed E-state index contributed by atoms with van der Waals surface area (Å²) in [5.74, 6) is 1.58. The standard InChI is InChI=1S/C24H26N2O3/c27-24(11-7-19-6-10-22-23(15-19)29-17-28-22)26-13-12-25(20-8-9-20)16-21(26)14-18-4-2-1-3-5-18/h1-7,10-11,15,20-21H,8-9,12-14,16-17H2/b11-7+. The lowest BCUT2D eigenvalue weighted by molar-refractivity contribution is -0.130. The van der Waals surface area contributed by atoms with Gasteiger partial charge < -0.3 is 14.4 Å². The lowest BCUT2D eigenvalue weighted by Gasteiger charge is -2.41. The van der Waals surface area contributed by atoms with Gasteiger partial charge in [-0.05, 0) is 48.6 Å². The van der Waals surface area contributed by atoms with Crippen LogP contribution >= 0.6 is 0 Å². The maximum atomic E-state index is 13.1. The van der Waals surface area contributed by atoms with Crippen molar-refractivity contribution in [3.63, 3.8) is 0 Å². The molecule has 1 amide bonds. The average Bonchev–Trinajstić information content (AvgIpc) is 3.50. The van der Waals surface area contributed by atoms with E-state index in [1.54, 1.807) is 6.08 Å². The third-order valence-electron chi connectivity index (χ3n) is 5.99. The topological polar surface area (TPSA) is 42.0 Å². The van der Waals surface area contributed by atoms with Crippen LogP contribution in [0.25, 0.3) is 6.08 Å². The van der Waals surface area contributed by atoms with Crippen LogP contribution in [0.1, 0.15) is 24.0 Å². The zero-order chi connectivity index (χ0) is 19.6. The van der Waals surface area contributed by atoms with Crippen LogP contribution in [-0.2, 0) is 11.2 Å². The monoisotopic (exact) mass is 390 g/mol. The number of amides is 1. The Balaban J connectivity index is 1.30. The molecule has 0 aromatic heterocycles. The van der Waals surface area contributed by atoms with E-state index in [1.165, 1.54) is 18.4 Å². The lowest BCUT2D eigenvalue weighted by Crippen LogP contribution is -2.56. The van der Waals surface area contributed by atoms with Crippen molar-refractivity contribution in [1.82, 2.24) is 9.80 Å². The maximum Gasteiger partial charge on any atom is 0.246 e. The van der Waals surface area contributed by atoms with Gasteiger partial charge in [-0.3, -0.25) is 9.69 Å². The molecule has 2 aromatic rings. The van der Waals surface area contributed by atoms with Crippen LogP contribution < -0.4 is 9.47 Å². The highest BCUT2D eigenvalue weighted by molar-refractivity contribution is 5.92.